The molecule has 17 heavy (non-hydrogen) atoms. The van der Waals surface area contributed by atoms with Gasteiger partial charge < -0.3 is 5.32 Å². The summed E-state index contributed by atoms with van der Waals surface area (Å²) < 4.78 is 4.23. The minimum absolute atomic E-state index is 0.824. The van der Waals surface area contributed by atoms with Crippen LogP contribution in [0.25, 0.3) is 10.9 Å². The Morgan fingerprint density at radius 2 is 2.35 bits per heavy atom. The lowest BCUT2D eigenvalue weighted by Gasteiger charge is -2.01. The Morgan fingerprint density at radius 1 is 1.41 bits per heavy atom. The molecule has 2 aromatic heterocycles. The number of fused-ring (bicyclic) bond motifs is 1. The Kier molecular flexibility index (Phi) is 2.49. The van der Waals surface area contributed by atoms with Gasteiger partial charge in [-0.3, -0.25) is 5.10 Å². The molecule has 0 spiro atoms. The summed E-state index contributed by atoms with van der Waals surface area (Å²) in [6, 6.07) is 6.02. The highest BCUT2D eigenvalue weighted by molar-refractivity contribution is 7.09. The third kappa shape index (κ3) is 1.99. The van der Waals surface area contributed by atoms with Crippen LogP contribution < -0.4 is 5.32 Å². The lowest BCUT2D eigenvalue weighted by Crippen LogP contribution is -1.90. The van der Waals surface area contributed by atoms with Crippen LogP contribution in [0, 0.1) is 0 Å². The maximum Gasteiger partial charge on any atom is 0.207 e. The summed E-state index contributed by atoms with van der Waals surface area (Å²) >= 11 is 1.38. The second kappa shape index (κ2) is 4.14. The molecule has 2 N–H and O–H groups in total. The zero-order valence-electron chi connectivity index (χ0n) is 9.27. The highest BCUT2D eigenvalue weighted by Crippen LogP contribution is 2.22. The summed E-state index contributed by atoms with van der Waals surface area (Å²) in [5, 5.41) is 12.1. The van der Waals surface area contributed by atoms with E-state index in [9.17, 15) is 0 Å². The monoisotopic (exact) mass is 245 g/mol. The molecule has 0 amide bonds. The molecule has 0 aliphatic carbocycles. The highest BCUT2D eigenvalue weighted by Gasteiger charge is 2.03. The summed E-state index contributed by atoms with van der Waals surface area (Å²) in [5.74, 6) is 0.877. The van der Waals surface area contributed by atoms with E-state index >= 15 is 0 Å². The highest BCUT2D eigenvalue weighted by atomic mass is 32.1. The van der Waals surface area contributed by atoms with Crippen molar-refractivity contribution < 1.29 is 0 Å². The number of hydrogen-bond acceptors (Lipinski definition) is 5. The van der Waals surface area contributed by atoms with Crippen molar-refractivity contribution in [3.05, 3.63) is 30.2 Å². The van der Waals surface area contributed by atoms with Crippen molar-refractivity contribution in [1.29, 1.82) is 0 Å². The van der Waals surface area contributed by atoms with Gasteiger partial charge in [-0.1, -0.05) is 6.92 Å². The predicted octanol–water partition coefficient (Wildman–Crippen LogP) is 2.72. The van der Waals surface area contributed by atoms with Crippen molar-refractivity contribution in [2.45, 2.75) is 13.3 Å². The van der Waals surface area contributed by atoms with Crippen LogP contribution in [0.3, 0.4) is 0 Å². The smallest absolute Gasteiger partial charge is 0.207 e. The van der Waals surface area contributed by atoms with Crippen molar-refractivity contribution in [2.75, 3.05) is 5.32 Å². The molecule has 0 unspecified atom stereocenters. The first kappa shape index (κ1) is 10.2. The van der Waals surface area contributed by atoms with E-state index in [-0.39, 0.29) is 0 Å². The number of nitrogens with one attached hydrogen (secondary N) is 2. The SMILES string of the molecule is CCc1nsc(Nc2ccc3[nH]ncc3c2)n1. The summed E-state index contributed by atoms with van der Waals surface area (Å²) in [4.78, 5) is 4.36. The number of nitrogens with zero attached hydrogens (tertiary/aromatic N) is 3. The fraction of sp³-hybridized carbons (Fsp3) is 0.182. The van der Waals surface area contributed by atoms with Gasteiger partial charge in [0, 0.05) is 29.0 Å². The molecule has 0 atom stereocenters. The van der Waals surface area contributed by atoms with Gasteiger partial charge in [-0.2, -0.15) is 9.47 Å². The number of benzene rings is 1. The molecular formula is C11H11N5S. The Balaban J connectivity index is 1.88. The molecule has 0 bridgehead atoms. The maximum atomic E-state index is 4.36. The topological polar surface area (TPSA) is 66.5 Å². The average Bonchev–Trinajstić information content (AvgIpc) is 2.96. The van der Waals surface area contributed by atoms with Gasteiger partial charge in [-0.05, 0) is 18.2 Å². The third-order valence-electron chi connectivity index (χ3n) is 2.48. The molecule has 3 aromatic rings. The normalized spacial score (nSPS) is 10.9. The molecule has 0 saturated heterocycles. The number of aromatic nitrogens is 4. The van der Waals surface area contributed by atoms with E-state index in [1.165, 1.54) is 11.5 Å². The van der Waals surface area contributed by atoms with Crippen molar-refractivity contribution in [1.82, 2.24) is 19.6 Å². The van der Waals surface area contributed by atoms with Crippen molar-refractivity contribution in [2.24, 2.45) is 0 Å². The predicted molar refractivity (Wildman–Crippen MR) is 68.7 cm³/mol. The Bertz CT molecular complexity index is 642. The quantitative estimate of drug-likeness (QED) is 0.744. The van der Waals surface area contributed by atoms with Crippen molar-refractivity contribution in [3.8, 4) is 0 Å². The molecule has 0 radical (unpaired) electrons. The summed E-state index contributed by atoms with van der Waals surface area (Å²) in [5.41, 5.74) is 2.03. The minimum Gasteiger partial charge on any atom is -0.330 e. The van der Waals surface area contributed by atoms with Gasteiger partial charge in [0.05, 0.1) is 11.7 Å². The second-order valence-electron chi connectivity index (χ2n) is 3.67. The Hall–Kier alpha value is -1.95. The zero-order valence-corrected chi connectivity index (χ0v) is 10.1. The van der Waals surface area contributed by atoms with Gasteiger partial charge in [-0.25, -0.2) is 4.98 Å². The molecule has 6 heteroatoms. The summed E-state index contributed by atoms with van der Waals surface area (Å²) in [6.07, 6.45) is 2.66. The molecule has 0 saturated carbocycles. The lowest BCUT2D eigenvalue weighted by molar-refractivity contribution is 1.00. The van der Waals surface area contributed by atoms with E-state index in [1.807, 2.05) is 25.1 Å². The van der Waals surface area contributed by atoms with E-state index in [2.05, 4.69) is 24.9 Å². The minimum atomic E-state index is 0.824. The fourth-order valence-electron chi connectivity index (χ4n) is 1.59. The molecule has 0 fully saturated rings. The standard InChI is InChI=1S/C11H11N5S/c1-2-10-14-11(17-16-10)13-8-3-4-9-7(5-8)6-12-15-9/h3-6H,2H2,1H3,(H,12,15)(H,13,14,16). The molecule has 3 rings (SSSR count). The van der Waals surface area contributed by atoms with Crippen LogP contribution in [0.15, 0.2) is 24.4 Å². The van der Waals surface area contributed by atoms with Crippen molar-refractivity contribution in [3.63, 3.8) is 0 Å². The van der Waals surface area contributed by atoms with E-state index < -0.39 is 0 Å². The van der Waals surface area contributed by atoms with Gasteiger partial charge in [0.1, 0.15) is 5.82 Å². The largest absolute Gasteiger partial charge is 0.330 e. The lowest BCUT2D eigenvalue weighted by atomic mass is 10.2. The van der Waals surface area contributed by atoms with Crippen LogP contribution in [0.2, 0.25) is 0 Å². The van der Waals surface area contributed by atoms with Gasteiger partial charge in [0.15, 0.2) is 0 Å². The van der Waals surface area contributed by atoms with Crippen molar-refractivity contribution >= 4 is 33.3 Å². The molecule has 0 aliphatic heterocycles. The Labute approximate surface area is 102 Å². The number of H-pyrrole nitrogens is 1. The molecule has 2 heterocycles. The Morgan fingerprint density at radius 3 is 3.18 bits per heavy atom. The number of aromatic amines is 1. The van der Waals surface area contributed by atoms with Gasteiger partial charge in [0.2, 0.25) is 5.13 Å². The van der Waals surface area contributed by atoms with Crippen LogP contribution in [0.5, 0.6) is 0 Å². The number of anilines is 2. The van der Waals surface area contributed by atoms with Gasteiger partial charge >= 0.3 is 0 Å². The fourth-order valence-corrected chi connectivity index (χ4v) is 2.26. The number of hydrogen-bond donors (Lipinski definition) is 2. The zero-order chi connectivity index (χ0) is 11.7. The molecule has 1 aromatic carbocycles. The van der Waals surface area contributed by atoms with Crippen LogP contribution in [0.4, 0.5) is 10.8 Å². The number of rotatable bonds is 3. The van der Waals surface area contributed by atoms with Gasteiger partial charge in [0.25, 0.3) is 0 Å². The molecule has 0 aliphatic rings. The van der Waals surface area contributed by atoms with E-state index in [0.29, 0.717) is 0 Å². The van der Waals surface area contributed by atoms with E-state index in [4.69, 9.17) is 0 Å². The first-order valence-corrected chi connectivity index (χ1v) is 6.15. The van der Waals surface area contributed by atoms with Crippen LogP contribution in [-0.4, -0.2) is 19.6 Å². The number of aryl methyl sites for hydroxylation is 1. The maximum absolute atomic E-state index is 4.36. The average molecular weight is 245 g/mol. The van der Waals surface area contributed by atoms with Gasteiger partial charge in [-0.15, -0.1) is 0 Å². The first-order valence-electron chi connectivity index (χ1n) is 5.38. The van der Waals surface area contributed by atoms with E-state index in [1.54, 1.807) is 6.20 Å². The van der Waals surface area contributed by atoms with Crippen LogP contribution in [-0.2, 0) is 6.42 Å². The third-order valence-corrected chi connectivity index (χ3v) is 3.14. The van der Waals surface area contributed by atoms with E-state index in [0.717, 1.165) is 34.0 Å². The molecular weight excluding hydrogens is 234 g/mol. The second-order valence-corrected chi connectivity index (χ2v) is 4.42. The summed E-state index contributed by atoms with van der Waals surface area (Å²) in [6.45, 7) is 2.05. The molecule has 5 nitrogen and oxygen atoms in total. The summed E-state index contributed by atoms with van der Waals surface area (Å²) in [7, 11) is 0. The first-order chi connectivity index (χ1) is 8.35. The van der Waals surface area contributed by atoms with Crippen LogP contribution in [0.1, 0.15) is 12.7 Å². The van der Waals surface area contributed by atoms with Crippen LogP contribution >= 0.6 is 11.5 Å². The molecule has 86 valence electrons.